The highest BCUT2D eigenvalue weighted by atomic mass is 19.1. The summed E-state index contributed by atoms with van der Waals surface area (Å²) in [6, 6.07) is 1.78. The maximum Gasteiger partial charge on any atom is 0.341 e. The Balaban J connectivity index is 0.989. The van der Waals surface area contributed by atoms with E-state index in [2.05, 4.69) is 16.0 Å². The van der Waals surface area contributed by atoms with Crippen molar-refractivity contribution in [2.45, 2.75) is 211 Å². The number of carbonyl (C=O) groups is 3. The standard InChI is InChI=1S/C62H103FN6O18/c1-15-48-62(10,78)54(73)39(6)68(13)33-35(2)30-60(8,77)55(87-59-52(72)47(67(11)12)27-36(3)82-59)37(4)53(38(5)58(76)84-48)86-50-31-61(9,79-14)56(40(7)83-50)85-49(70)32-65-20-16-19-64-21-23-80-25-26-81-24-22-66-45-29-46-42(28-44(45)63)51(71)43(57(74)75)34-69(46)41-17-18-41/h28-29,34-41,47-48,50,52-56,59,64-66,72-73,77-78H,15-27,30-33H2,1-14H3,(H,74,75)/t35-,36-,37-,38-,39-,40+,47+,48+,50+,52-,53+,54-,55-,56+,59+,60-,61-,62-/m1/s1. The number of aliphatic hydroxyl groups excluding tert-OH is 2. The zero-order valence-corrected chi connectivity index (χ0v) is 53.8. The van der Waals surface area contributed by atoms with Crippen LogP contribution < -0.4 is 21.4 Å². The van der Waals surface area contributed by atoms with Crippen LogP contribution in [0.15, 0.2) is 23.1 Å². The highest BCUT2D eigenvalue weighted by molar-refractivity contribution is 5.93. The van der Waals surface area contributed by atoms with E-state index in [0.29, 0.717) is 70.9 Å². The second-order valence-electron chi connectivity index (χ2n) is 25.7. The van der Waals surface area contributed by atoms with E-state index in [9.17, 15) is 49.1 Å². The summed E-state index contributed by atoms with van der Waals surface area (Å²) in [6.07, 6.45) is -5.33. The molecule has 496 valence electrons. The van der Waals surface area contributed by atoms with E-state index in [-0.39, 0.29) is 73.2 Å². The number of esters is 2. The van der Waals surface area contributed by atoms with Crippen LogP contribution in [-0.2, 0) is 52.2 Å². The predicted octanol–water partition coefficient (Wildman–Crippen LogP) is 3.65. The summed E-state index contributed by atoms with van der Waals surface area (Å²) in [7, 11) is 7.08. The Morgan fingerprint density at radius 2 is 1.55 bits per heavy atom. The molecule has 1 aromatic carbocycles. The maximum absolute atomic E-state index is 15.0. The number of aliphatic hydroxyl groups is 4. The van der Waals surface area contributed by atoms with E-state index < -0.39 is 119 Å². The number of hydrogen-bond donors (Lipinski definition) is 8. The Labute approximate surface area is 512 Å². The van der Waals surface area contributed by atoms with Gasteiger partial charge in [0.2, 0.25) is 5.43 Å². The molecule has 1 saturated carbocycles. The number of hydrogen-bond acceptors (Lipinski definition) is 22. The van der Waals surface area contributed by atoms with Crippen molar-refractivity contribution in [2.75, 3.05) is 99.3 Å². The smallest absolute Gasteiger partial charge is 0.341 e. The number of fused-ring (bicyclic) bond motifs is 1. The van der Waals surface area contributed by atoms with Gasteiger partial charge in [0.25, 0.3) is 0 Å². The van der Waals surface area contributed by atoms with Crippen molar-refractivity contribution >= 4 is 34.5 Å². The van der Waals surface area contributed by atoms with E-state index in [1.165, 1.54) is 20.2 Å². The van der Waals surface area contributed by atoms with E-state index in [4.69, 9.17) is 42.6 Å². The molecular weight excluding hydrogens is 1140 g/mol. The number of rotatable bonds is 26. The van der Waals surface area contributed by atoms with Crippen LogP contribution in [0, 0.1) is 23.6 Å². The van der Waals surface area contributed by atoms with Crippen molar-refractivity contribution in [3.63, 3.8) is 0 Å². The molecule has 6 rings (SSSR count). The van der Waals surface area contributed by atoms with Crippen molar-refractivity contribution in [1.82, 2.24) is 25.0 Å². The van der Waals surface area contributed by atoms with Gasteiger partial charge in [-0.2, -0.15) is 0 Å². The zero-order chi connectivity index (χ0) is 64.3. The maximum atomic E-state index is 15.0. The summed E-state index contributed by atoms with van der Waals surface area (Å²) >= 11 is 0. The normalized spacial score (nSPS) is 35.2. The molecule has 2 aromatic rings. The van der Waals surface area contributed by atoms with Crippen molar-refractivity contribution in [2.24, 2.45) is 17.8 Å². The fourth-order valence-corrected chi connectivity index (χ4v) is 12.8. The number of carboxylic acid groups (broad SMARTS) is 1. The molecule has 1 aliphatic carbocycles. The first-order valence-corrected chi connectivity index (χ1v) is 31.1. The van der Waals surface area contributed by atoms with Gasteiger partial charge in [-0.1, -0.05) is 20.8 Å². The number of pyridine rings is 1. The molecule has 0 unspecified atom stereocenters. The molecule has 24 nitrogen and oxygen atoms in total. The van der Waals surface area contributed by atoms with Crippen LogP contribution in [0.5, 0.6) is 0 Å². The summed E-state index contributed by atoms with van der Waals surface area (Å²) in [5.74, 6) is -5.40. The fraction of sp³-hybridized carbons (Fsp3) is 0.806. The van der Waals surface area contributed by atoms with Gasteiger partial charge in [-0.05, 0) is 139 Å². The number of aromatic nitrogens is 1. The molecule has 18 atom stereocenters. The number of aromatic carboxylic acids is 1. The minimum atomic E-state index is -1.87. The Morgan fingerprint density at radius 3 is 2.18 bits per heavy atom. The summed E-state index contributed by atoms with van der Waals surface area (Å²) in [5.41, 5.74) is -5.08. The quantitative estimate of drug-likeness (QED) is 0.0493. The van der Waals surface area contributed by atoms with Crippen LogP contribution in [-0.4, -0.2) is 242 Å². The minimum Gasteiger partial charge on any atom is -0.477 e. The molecule has 4 heterocycles. The molecule has 0 amide bonds. The molecule has 8 N–H and O–H groups in total. The largest absolute Gasteiger partial charge is 0.477 e. The Kier molecular flexibility index (Phi) is 26.3. The molecule has 87 heavy (non-hydrogen) atoms. The number of halogens is 1. The lowest BCUT2D eigenvalue weighted by molar-refractivity contribution is -0.318. The van der Waals surface area contributed by atoms with Gasteiger partial charge < -0.3 is 98.5 Å². The molecule has 3 aliphatic heterocycles. The van der Waals surface area contributed by atoms with Gasteiger partial charge in [0.1, 0.15) is 40.9 Å². The first kappa shape index (κ1) is 72.0. The number of anilines is 1. The van der Waals surface area contributed by atoms with E-state index in [1.807, 2.05) is 44.8 Å². The van der Waals surface area contributed by atoms with Crippen LogP contribution in [0.2, 0.25) is 0 Å². The van der Waals surface area contributed by atoms with E-state index in [1.54, 1.807) is 59.1 Å². The van der Waals surface area contributed by atoms with Gasteiger partial charge in [-0.3, -0.25) is 14.4 Å². The van der Waals surface area contributed by atoms with Gasteiger partial charge in [-0.15, -0.1) is 0 Å². The number of benzene rings is 1. The molecule has 0 bridgehead atoms. The SMILES string of the molecule is CC[C@@H]1OC(=O)[C@H](C)[C@@H](O[C@H]2C[C@@](C)(OC)[C@@H](OC(=O)CNCCCNCCOCCOCCNc3cc4c(cc3F)c(=O)c(C(=O)O)cn4C3CC3)[C@H](C)O2)[C@@H](C)[C@@H](O[C@@H]2O[C@H](C)C[C@H](N(C)C)[C@H]2O)[C@](C)(O)C[C@@H](C)CN(C)[C@H](C)[C@@H](O)[C@]1(C)O. The molecule has 0 radical (unpaired) electrons. The minimum absolute atomic E-state index is 0.0295. The highest BCUT2D eigenvalue weighted by Gasteiger charge is 2.54. The number of nitrogens with zero attached hydrogens (tertiary/aromatic N) is 3. The Hall–Kier alpha value is -4.03. The van der Waals surface area contributed by atoms with Crippen molar-refractivity contribution in [3.05, 3.63) is 39.9 Å². The summed E-state index contributed by atoms with van der Waals surface area (Å²) in [5, 5.41) is 67.1. The summed E-state index contributed by atoms with van der Waals surface area (Å²) < 4.78 is 72.9. The van der Waals surface area contributed by atoms with Gasteiger partial charge in [0.05, 0.1) is 80.1 Å². The van der Waals surface area contributed by atoms with Crippen molar-refractivity contribution in [3.8, 4) is 0 Å². The predicted molar refractivity (Wildman–Crippen MR) is 322 cm³/mol. The average Bonchev–Trinajstić information content (AvgIpc) is 3.30. The molecule has 4 fully saturated rings. The van der Waals surface area contributed by atoms with E-state index in [0.717, 1.165) is 18.9 Å². The molecular formula is C62H103FN6O18. The number of likely N-dealkylation sites (N-methyl/N-ethyl adjacent to an activating group) is 2. The molecule has 1 aromatic heterocycles. The van der Waals surface area contributed by atoms with Crippen LogP contribution in [0.4, 0.5) is 10.1 Å². The Bertz CT molecular complexity index is 2610. The lowest BCUT2D eigenvalue weighted by Crippen LogP contribution is -2.61. The van der Waals surface area contributed by atoms with Crippen LogP contribution in [0.3, 0.4) is 0 Å². The second-order valence-corrected chi connectivity index (χ2v) is 25.7. The average molecular weight is 1240 g/mol. The lowest BCUT2D eigenvalue weighted by Gasteiger charge is -2.49. The number of nitrogens with one attached hydrogen (secondary N) is 3. The third-order valence-electron chi connectivity index (χ3n) is 18.0. The van der Waals surface area contributed by atoms with Gasteiger partial charge in [0.15, 0.2) is 18.7 Å². The van der Waals surface area contributed by atoms with Gasteiger partial charge in [0, 0.05) is 68.8 Å². The van der Waals surface area contributed by atoms with E-state index >= 15 is 0 Å². The Morgan fingerprint density at radius 1 is 0.885 bits per heavy atom. The monoisotopic (exact) mass is 1240 g/mol. The van der Waals surface area contributed by atoms with Crippen LogP contribution in [0.1, 0.15) is 131 Å². The number of methoxy groups -OCH3 is 1. The first-order valence-electron chi connectivity index (χ1n) is 31.1. The number of carboxylic acids is 1. The topological polar surface area (TPSA) is 300 Å². The van der Waals surface area contributed by atoms with Crippen molar-refractivity contribution < 1.29 is 86.9 Å². The van der Waals surface area contributed by atoms with Gasteiger partial charge in [-0.25, -0.2) is 9.18 Å². The second kappa shape index (κ2) is 31.8. The first-order chi connectivity index (χ1) is 41.0. The molecule has 0 spiro atoms. The van der Waals surface area contributed by atoms with Crippen LogP contribution in [0.25, 0.3) is 10.9 Å². The summed E-state index contributed by atoms with van der Waals surface area (Å²) in [4.78, 5) is 56.2. The summed E-state index contributed by atoms with van der Waals surface area (Å²) in [6.45, 7) is 21.3. The zero-order valence-electron chi connectivity index (χ0n) is 53.8. The van der Waals surface area contributed by atoms with Crippen molar-refractivity contribution in [1.29, 1.82) is 0 Å². The third kappa shape index (κ3) is 18.6. The number of carbonyl (C=O) groups excluding carboxylic acids is 2. The van der Waals surface area contributed by atoms with Crippen LogP contribution >= 0.6 is 0 Å². The fourth-order valence-electron chi connectivity index (χ4n) is 12.8. The lowest BCUT2D eigenvalue weighted by atomic mass is 9.77. The molecule has 25 heteroatoms. The third-order valence-corrected chi connectivity index (χ3v) is 18.0. The number of ether oxygens (including phenoxy) is 9. The van der Waals surface area contributed by atoms with Gasteiger partial charge >= 0.3 is 17.9 Å². The highest BCUT2D eigenvalue weighted by Crippen LogP contribution is 2.42. The number of cyclic esters (lactones) is 1. The molecule has 3 saturated heterocycles. The molecule has 4 aliphatic rings.